The van der Waals surface area contributed by atoms with Crippen molar-refractivity contribution in [2.75, 3.05) is 19.0 Å². The normalized spacial score (nSPS) is 10.9. The molecule has 1 heteroatoms. The number of hydrogen-bond donors (Lipinski definition) is 0. The van der Waals surface area contributed by atoms with Crippen LogP contribution in [0.4, 0.5) is 5.69 Å². The highest BCUT2D eigenvalue weighted by molar-refractivity contribution is 5.99. The number of nitrogens with zero attached hydrogens (tertiary/aromatic N) is 1. The Kier molecular flexibility index (Phi) is 5.01. The van der Waals surface area contributed by atoms with Crippen molar-refractivity contribution < 1.29 is 0 Å². The summed E-state index contributed by atoms with van der Waals surface area (Å²) in [5.41, 5.74) is 8.70. The van der Waals surface area contributed by atoms with Crippen molar-refractivity contribution >= 4 is 16.5 Å². The maximum atomic E-state index is 2.30. The Morgan fingerprint density at radius 1 is 0.452 bits per heavy atom. The molecule has 0 N–H and O–H groups in total. The Morgan fingerprint density at radius 2 is 1.06 bits per heavy atom. The second-order valence-electron chi connectivity index (χ2n) is 8.13. The minimum absolute atomic E-state index is 1.21. The molecule has 5 aromatic carbocycles. The minimum atomic E-state index is 1.21. The summed E-state index contributed by atoms with van der Waals surface area (Å²) in [7, 11) is 4.14. The van der Waals surface area contributed by atoms with Crippen LogP contribution in [0, 0.1) is 0 Å². The molecule has 150 valence electrons. The third-order valence-electron chi connectivity index (χ3n) is 5.88. The zero-order valence-corrected chi connectivity index (χ0v) is 17.9. The van der Waals surface area contributed by atoms with Crippen LogP contribution < -0.4 is 4.90 Å². The predicted molar refractivity (Wildman–Crippen MR) is 135 cm³/mol. The number of anilines is 1. The average molecular weight is 400 g/mol. The quantitative estimate of drug-likeness (QED) is 0.297. The largest absolute Gasteiger partial charge is 0.378 e. The first-order valence-electron chi connectivity index (χ1n) is 10.7. The lowest BCUT2D eigenvalue weighted by Gasteiger charge is -2.13. The van der Waals surface area contributed by atoms with Crippen LogP contribution in [0.25, 0.3) is 44.2 Å². The lowest BCUT2D eigenvalue weighted by Crippen LogP contribution is -2.07. The highest BCUT2D eigenvalue weighted by Gasteiger charge is 2.07. The van der Waals surface area contributed by atoms with E-state index in [9.17, 15) is 0 Å². The van der Waals surface area contributed by atoms with Gasteiger partial charge in [-0.3, -0.25) is 0 Å². The molecular formula is C30H25N. The molecule has 5 aromatic rings. The smallest absolute Gasteiger partial charge is 0.0361 e. The van der Waals surface area contributed by atoms with E-state index in [2.05, 4.69) is 134 Å². The summed E-state index contributed by atoms with van der Waals surface area (Å²) in [6, 6.07) is 41.5. The van der Waals surface area contributed by atoms with Crippen LogP contribution in [-0.2, 0) is 0 Å². The number of benzene rings is 5. The highest BCUT2D eigenvalue weighted by Crippen LogP contribution is 2.34. The summed E-state index contributed by atoms with van der Waals surface area (Å²) in [5.74, 6) is 0. The minimum Gasteiger partial charge on any atom is -0.378 e. The number of fused-ring (bicyclic) bond motifs is 1. The molecule has 0 aliphatic carbocycles. The molecule has 0 aliphatic rings. The van der Waals surface area contributed by atoms with Gasteiger partial charge in [-0.1, -0.05) is 91.0 Å². The van der Waals surface area contributed by atoms with E-state index in [1.165, 1.54) is 49.8 Å². The van der Waals surface area contributed by atoms with E-state index in [1.807, 2.05) is 0 Å². The van der Waals surface area contributed by atoms with Gasteiger partial charge in [-0.2, -0.15) is 0 Å². The lowest BCUT2D eigenvalue weighted by molar-refractivity contribution is 1.13. The Bertz CT molecular complexity index is 1330. The molecule has 0 amide bonds. The summed E-state index contributed by atoms with van der Waals surface area (Å²) in [6.07, 6.45) is 0. The Balaban J connectivity index is 1.56. The van der Waals surface area contributed by atoms with Gasteiger partial charge in [0.25, 0.3) is 0 Å². The summed E-state index contributed by atoms with van der Waals surface area (Å²) < 4.78 is 0. The molecule has 0 saturated heterocycles. The second kappa shape index (κ2) is 8.12. The van der Waals surface area contributed by atoms with E-state index in [1.54, 1.807) is 0 Å². The topological polar surface area (TPSA) is 3.24 Å². The molecule has 0 atom stereocenters. The van der Waals surface area contributed by atoms with Crippen LogP contribution in [0.15, 0.2) is 115 Å². The summed E-state index contributed by atoms with van der Waals surface area (Å²) in [4.78, 5) is 2.13. The lowest BCUT2D eigenvalue weighted by atomic mass is 9.93. The molecule has 0 aromatic heterocycles. The van der Waals surface area contributed by atoms with Crippen LogP contribution in [-0.4, -0.2) is 14.1 Å². The van der Waals surface area contributed by atoms with Gasteiger partial charge in [-0.15, -0.1) is 0 Å². The van der Waals surface area contributed by atoms with Crippen LogP contribution >= 0.6 is 0 Å². The molecule has 0 aliphatic heterocycles. The van der Waals surface area contributed by atoms with Crippen molar-refractivity contribution in [1.82, 2.24) is 0 Å². The SMILES string of the molecule is CN(C)c1ccc(-c2ccc3c(-c4cccc(-c5ccccc5)c4)cccc3c2)cc1. The first-order chi connectivity index (χ1) is 15.2. The first kappa shape index (κ1) is 19.1. The van der Waals surface area contributed by atoms with E-state index >= 15 is 0 Å². The van der Waals surface area contributed by atoms with E-state index < -0.39 is 0 Å². The van der Waals surface area contributed by atoms with Crippen LogP contribution in [0.3, 0.4) is 0 Å². The average Bonchev–Trinajstić information content (AvgIpc) is 2.84. The molecule has 0 saturated carbocycles. The summed E-state index contributed by atoms with van der Waals surface area (Å²) in [5, 5.41) is 2.54. The molecule has 0 radical (unpaired) electrons. The number of hydrogen-bond acceptors (Lipinski definition) is 1. The van der Waals surface area contributed by atoms with Gasteiger partial charge >= 0.3 is 0 Å². The molecule has 0 bridgehead atoms. The molecule has 0 heterocycles. The third-order valence-corrected chi connectivity index (χ3v) is 5.88. The van der Waals surface area contributed by atoms with Crippen LogP contribution in [0.1, 0.15) is 0 Å². The van der Waals surface area contributed by atoms with Crippen molar-refractivity contribution in [3.63, 3.8) is 0 Å². The van der Waals surface area contributed by atoms with Crippen LogP contribution in [0.5, 0.6) is 0 Å². The fourth-order valence-corrected chi connectivity index (χ4v) is 4.16. The molecule has 0 spiro atoms. The van der Waals surface area contributed by atoms with Crippen molar-refractivity contribution in [2.24, 2.45) is 0 Å². The molecule has 31 heavy (non-hydrogen) atoms. The second-order valence-corrected chi connectivity index (χ2v) is 8.13. The predicted octanol–water partition coefficient (Wildman–Crippen LogP) is 7.91. The Morgan fingerprint density at radius 3 is 1.84 bits per heavy atom. The van der Waals surface area contributed by atoms with Gasteiger partial charge in [0.2, 0.25) is 0 Å². The standard InChI is InChI=1S/C30H25N/c1-31(2)28-17-14-23(15-18-28)25-16-19-30-27(21-25)12-7-13-29(30)26-11-6-10-24(20-26)22-8-4-3-5-9-22/h3-21H,1-2H3. The summed E-state index contributed by atoms with van der Waals surface area (Å²) >= 11 is 0. The van der Waals surface area contributed by atoms with Gasteiger partial charge in [0, 0.05) is 19.8 Å². The molecular weight excluding hydrogens is 374 g/mol. The van der Waals surface area contributed by atoms with Crippen molar-refractivity contribution in [1.29, 1.82) is 0 Å². The summed E-state index contributed by atoms with van der Waals surface area (Å²) in [6.45, 7) is 0. The van der Waals surface area contributed by atoms with Gasteiger partial charge in [0.1, 0.15) is 0 Å². The van der Waals surface area contributed by atoms with Crippen LogP contribution in [0.2, 0.25) is 0 Å². The first-order valence-corrected chi connectivity index (χ1v) is 10.7. The van der Waals surface area contributed by atoms with Gasteiger partial charge in [-0.05, 0) is 68.4 Å². The van der Waals surface area contributed by atoms with E-state index in [-0.39, 0.29) is 0 Å². The Hall–Kier alpha value is -3.84. The van der Waals surface area contributed by atoms with Gasteiger partial charge in [-0.25, -0.2) is 0 Å². The number of rotatable bonds is 4. The highest BCUT2D eigenvalue weighted by atomic mass is 15.1. The fraction of sp³-hybridized carbons (Fsp3) is 0.0667. The Labute approximate surface area is 184 Å². The molecule has 1 nitrogen and oxygen atoms in total. The zero-order valence-electron chi connectivity index (χ0n) is 17.9. The van der Waals surface area contributed by atoms with E-state index in [0.717, 1.165) is 0 Å². The third kappa shape index (κ3) is 3.83. The van der Waals surface area contributed by atoms with Gasteiger partial charge in [0.05, 0.1) is 0 Å². The van der Waals surface area contributed by atoms with E-state index in [4.69, 9.17) is 0 Å². The maximum Gasteiger partial charge on any atom is 0.0361 e. The monoisotopic (exact) mass is 399 g/mol. The van der Waals surface area contributed by atoms with Gasteiger partial charge in [0.15, 0.2) is 0 Å². The fourth-order valence-electron chi connectivity index (χ4n) is 4.16. The maximum absolute atomic E-state index is 2.30. The molecule has 0 unspecified atom stereocenters. The van der Waals surface area contributed by atoms with Crippen molar-refractivity contribution in [3.05, 3.63) is 115 Å². The molecule has 0 fully saturated rings. The molecule has 5 rings (SSSR count). The van der Waals surface area contributed by atoms with Gasteiger partial charge < -0.3 is 4.90 Å². The van der Waals surface area contributed by atoms with E-state index in [0.29, 0.717) is 0 Å². The van der Waals surface area contributed by atoms with Crippen molar-refractivity contribution in [2.45, 2.75) is 0 Å². The zero-order chi connectivity index (χ0) is 21.2. The van der Waals surface area contributed by atoms with Crippen molar-refractivity contribution in [3.8, 4) is 33.4 Å².